The maximum absolute atomic E-state index is 5.68. The lowest BCUT2D eigenvalue weighted by Crippen LogP contribution is -1.94. The summed E-state index contributed by atoms with van der Waals surface area (Å²) in [6.45, 7) is 0.608. The van der Waals surface area contributed by atoms with Gasteiger partial charge in [-0.25, -0.2) is 0 Å². The monoisotopic (exact) mass is 297 g/mol. The number of halogens is 1. The van der Waals surface area contributed by atoms with Crippen molar-refractivity contribution in [3.05, 3.63) is 45.1 Å². The van der Waals surface area contributed by atoms with Gasteiger partial charge in [0.15, 0.2) is 0 Å². The van der Waals surface area contributed by atoms with Gasteiger partial charge < -0.3 is 10.1 Å². The van der Waals surface area contributed by atoms with E-state index in [4.69, 9.17) is 4.74 Å². The van der Waals surface area contributed by atoms with Crippen molar-refractivity contribution in [3.63, 3.8) is 0 Å². The maximum atomic E-state index is 5.68. The smallest absolute Gasteiger partial charge is 0.124 e. The molecular weight excluding hydrogens is 286 g/mol. The molecule has 0 bridgehead atoms. The summed E-state index contributed by atoms with van der Waals surface area (Å²) in [4.78, 5) is 1.21. The summed E-state index contributed by atoms with van der Waals surface area (Å²) in [5.74, 6) is 0.888. The van der Waals surface area contributed by atoms with Crippen molar-refractivity contribution in [2.24, 2.45) is 0 Å². The Labute approximate surface area is 107 Å². The van der Waals surface area contributed by atoms with Crippen LogP contribution in [0.4, 0.5) is 5.69 Å². The SMILES string of the molecule is CNc1ccc(OCc2sccc2Br)cc1. The lowest BCUT2D eigenvalue weighted by Gasteiger charge is -2.06. The molecule has 16 heavy (non-hydrogen) atoms. The Morgan fingerprint density at radius 3 is 2.56 bits per heavy atom. The Kier molecular flexibility index (Phi) is 3.85. The molecule has 0 amide bonds. The molecule has 1 aromatic heterocycles. The number of nitrogens with one attached hydrogen (secondary N) is 1. The molecule has 84 valence electrons. The van der Waals surface area contributed by atoms with E-state index < -0.39 is 0 Å². The van der Waals surface area contributed by atoms with Crippen molar-refractivity contribution in [3.8, 4) is 5.75 Å². The molecule has 0 saturated carbocycles. The van der Waals surface area contributed by atoms with Crippen LogP contribution in [0.25, 0.3) is 0 Å². The number of anilines is 1. The fraction of sp³-hybridized carbons (Fsp3) is 0.167. The molecule has 1 heterocycles. The molecule has 1 aromatic carbocycles. The molecule has 0 aliphatic rings. The fourth-order valence-corrected chi connectivity index (χ4v) is 2.67. The van der Waals surface area contributed by atoms with Crippen LogP contribution in [0.2, 0.25) is 0 Å². The van der Waals surface area contributed by atoms with Gasteiger partial charge in [-0.15, -0.1) is 11.3 Å². The zero-order valence-corrected chi connectivity index (χ0v) is 11.3. The lowest BCUT2D eigenvalue weighted by molar-refractivity contribution is 0.309. The molecule has 2 nitrogen and oxygen atoms in total. The van der Waals surface area contributed by atoms with Gasteiger partial charge in [-0.1, -0.05) is 0 Å². The molecule has 2 aromatic rings. The molecule has 0 aliphatic carbocycles. The van der Waals surface area contributed by atoms with Crippen LogP contribution in [0.1, 0.15) is 4.88 Å². The third-order valence-corrected chi connectivity index (χ3v) is 4.10. The van der Waals surface area contributed by atoms with Crippen LogP contribution in [-0.2, 0) is 6.61 Å². The van der Waals surface area contributed by atoms with Crippen LogP contribution in [0.3, 0.4) is 0 Å². The van der Waals surface area contributed by atoms with Crippen LogP contribution < -0.4 is 10.1 Å². The Hall–Kier alpha value is -1.00. The highest BCUT2D eigenvalue weighted by molar-refractivity contribution is 9.10. The summed E-state index contributed by atoms with van der Waals surface area (Å²) in [7, 11) is 1.90. The van der Waals surface area contributed by atoms with E-state index in [0.29, 0.717) is 6.61 Å². The van der Waals surface area contributed by atoms with Gasteiger partial charge in [0.1, 0.15) is 12.4 Å². The second kappa shape index (κ2) is 5.37. The molecule has 0 saturated heterocycles. The molecule has 4 heteroatoms. The highest BCUT2D eigenvalue weighted by atomic mass is 79.9. The summed E-state index contributed by atoms with van der Waals surface area (Å²) < 4.78 is 6.80. The highest BCUT2D eigenvalue weighted by Crippen LogP contribution is 2.24. The van der Waals surface area contributed by atoms with Crippen molar-refractivity contribution >= 4 is 33.0 Å². The van der Waals surface area contributed by atoms with E-state index in [0.717, 1.165) is 15.9 Å². The van der Waals surface area contributed by atoms with E-state index in [1.165, 1.54) is 4.88 Å². The quantitative estimate of drug-likeness (QED) is 0.916. The third kappa shape index (κ3) is 2.77. The summed E-state index contributed by atoms with van der Waals surface area (Å²) in [5, 5.41) is 5.12. The minimum absolute atomic E-state index is 0.608. The van der Waals surface area contributed by atoms with Gasteiger partial charge in [0.2, 0.25) is 0 Å². The van der Waals surface area contributed by atoms with Gasteiger partial charge >= 0.3 is 0 Å². The Morgan fingerprint density at radius 2 is 2.00 bits per heavy atom. The number of thiophene rings is 1. The normalized spacial score (nSPS) is 10.1. The molecule has 0 atom stereocenters. The molecule has 0 aliphatic heterocycles. The first kappa shape index (κ1) is 11.5. The van der Waals surface area contributed by atoms with Gasteiger partial charge in [0.25, 0.3) is 0 Å². The first-order valence-corrected chi connectivity index (χ1v) is 6.59. The molecule has 1 N–H and O–H groups in total. The van der Waals surface area contributed by atoms with Gasteiger partial charge in [-0.3, -0.25) is 0 Å². The zero-order valence-electron chi connectivity index (χ0n) is 8.87. The predicted molar refractivity (Wildman–Crippen MR) is 72.3 cm³/mol. The van der Waals surface area contributed by atoms with E-state index >= 15 is 0 Å². The topological polar surface area (TPSA) is 21.3 Å². The Morgan fingerprint density at radius 1 is 1.25 bits per heavy atom. The zero-order chi connectivity index (χ0) is 11.4. The number of hydrogen-bond donors (Lipinski definition) is 1. The molecule has 2 rings (SSSR count). The van der Waals surface area contributed by atoms with Crippen molar-refractivity contribution in [2.75, 3.05) is 12.4 Å². The summed E-state index contributed by atoms with van der Waals surface area (Å²) in [5.41, 5.74) is 1.09. The highest BCUT2D eigenvalue weighted by Gasteiger charge is 2.02. The minimum atomic E-state index is 0.608. The maximum Gasteiger partial charge on any atom is 0.124 e. The fourth-order valence-electron chi connectivity index (χ4n) is 1.29. The Bertz CT molecular complexity index is 452. The van der Waals surface area contributed by atoms with E-state index in [2.05, 4.69) is 21.2 Å². The van der Waals surface area contributed by atoms with Gasteiger partial charge in [-0.05, 0) is 51.6 Å². The molecular formula is C12H12BrNOS. The lowest BCUT2D eigenvalue weighted by atomic mass is 10.3. The van der Waals surface area contributed by atoms with Crippen LogP contribution in [0, 0.1) is 0 Å². The van der Waals surface area contributed by atoms with E-state index in [1.807, 2.05) is 42.8 Å². The second-order valence-electron chi connectivity index (χ2n) is 3.25. The average molecular weight is 298 g/mol. The Balaban J connectivity index is 1.97. The molecule has 0 radical (unpaired) electrons. The summed E-state index contributed by atoms with van der Waals surface area (Å²) >= 11 is 5.18. The average Bonchev–Trinajstić information content (AvgIpc) is 2.73. The number of benzene rings is 1. The van der Waals surface area contributed by atoms with E-state index in [9.17, 15) is 0 Å². The van der Waals surface area contributed by atoms with Gasteiger partial charge in [0, 0.05) is 17.2 Å². The van der Waals surface area contributed by atoms with Crippen molar-refractivity contribution in [1.82, 2.24) is 0 Å². The van der Waals surface area contributed by atoms with Crippen molar-refractivity contribution < 1.29 is 4.74 Å². The number of hydrogen-bond acceptors (Lipinski definition) is 3. The summed E-state index contributed by atoms with van der Waals surface area (Å²) in [6, 6.07) is 9.96. The summed E-state index contributed by atoms with van der Waals surface area (Å²) in [6.07, 6.45) is 0. The number of ether oxygens (including phenoxy) is 1. The second-order valence-corrected chi connectivity index (χ2v) is 5.11. The van der Waals surface area contributed by atoms with E-state index in [1.54, 1.807) is 11.3 Å². The van der Waals surface area contributed by atoms with E-state index in [-0.39, 0.29) is 0 Å². The van der Waals surface area contributed by atoms with Crippen molar-refractivity contribution in [1.29, 1.82) is 0 Å². The molecule has 0 unspecified atom stereocenters. The van der Waals surface area contributed by atoms with Crippen LogP contribution in [0.15, 0.2) is 40.2 Å². The third-order valence-electron chi connectivity index (χ3n) is 2.20. The first-order valence-electron chi connectivity index (χ1n) is 4.92. The molecule has 0 fully saturated rings. The van der Waals surface area contributed by atoms with Crippen molar-refractivity contribution in [2.45, 2.75) is 6.61 Å². The largest absolute Gasteiger partial charge is 0.488 e. The first-order chi connectivity index (χ1) is 7.79. The standard InChI is InChI=1S/C12H12BrNOS/c1-14-9-2-4-10(5-3-9)15-8-12-11(13)6-7-16-12/h2-7,14H,8H2,1H3. The minimum Gasteiger partial charge on any atom is -0.488 e. The van der Waals surface area contributed by atoms with Crippen LogP contribution >= 0.6 is 27.3 Å². The predicted octanol–water partition coefficient (Wildman–Crippen LogP) is 4.13. The number of rotatable bonds is 4. The van der Waals surface area contributed by atoms with Gasteiger partial charge in [-0.2, -0.15) is 0 Å². The van der Waals surface area contributed by atoms with Crippen LogP contribution in [0.5, 0.6) is 5.75 Å². The molecule has 0 spiro atoms. The van der Waals surface area contributed by atoms with Gasteiger partial charge in [0.05, 0.1) is 4.88 Å². The van der Waals surface area contributed by atoms with Crippen LogP contribution in [-0.4, -0.2) is 7.05 Å².